The molecule has 5 nitrogen and oxygen atoms in total. The minimum Gasteiger partial charge on any atom is -0.468 e. The maximum atomic E-state index is 11.6. The minimum atomic E-state index is -3.53. The van der Waals surface area contributed by atoms with Gasteiger partial charge in [0.1, 0.15) is 6.54 Å². The second kappa shape index (κ2) is 6.13. The van der Waals surface area contributed by atoms with Crippen LogP contribution >= 0.6 is 15.9 Å². The van der Waals surface area contributed by atoms with Gasteiger partial charge < -0.3 is 4.74 Å². The number of carbonyl (C=O) groups is 1. The average Bonchev–Trinajstić information content (AvgIpc) is 2.25. The molecule has 0 aliphatic carbocycles. The maximum absolute atomic E-state index is 11.6. The van der Waals surface area contributed by atoms with Crippen molar-refractivity contribution >= 4 is 31.9 Å². The second-order valence-corrected chi connectivity index (χ2v) is 6.01. The molecule has 0 atom stereocenters. The summed E-state index contributed by atoms with van der Waals surface area (Å²) in [5.74, 6) is -0.800. The SMILES string of the molecule is COC(=O)CNS(=O)(=O)Cc1cccc(Br)c1. The third-order valence-electron chi connectivity index (χ3n) is 1.91. The van der Waals surface area contributed by atoms with Crippen LogP contribution in [0.2, 0.25) is 0 Å². The van der Waals surface area contributed by atoms with Crippen LogP contribution in [-0.2, 0) is 25.3 Å². The standard InChI is InChI=1S/C10H12BrNO4S/c1-16-10(13)6-12-17(14,15)7-8-3-2-4-9(11)5-8/h2-5,12H,6-7H2,1H3. The Bertz CT molecular complexity index is 501. The van der Waals surface area contributed by atoms with Crippen molar-refractivity contribution in [1.82, 2.24) is 4.72 Å². The Morgan fingerprint density at radius 1 is 1.47 bits per heavy atom. The number of benzene rings is 1. The third-order valence-corrected chi connectivity index (χ3v) is 3.70. The van der Waals surface area contributed by atoms with Crippen molar-refractivity contribution in [2.75, 3.05) is 13.7 Å². The molecule has 0 amide bonds. The van der Waals surface area contributed by atoms with Crippen molar-refractivity contribution < 1.29 is 17.9 Å². The van der Waals surface area contributed by atoms with Gasteiger partial charge in [0, 0.05) is 4.47 Å². The lowest BCUT2D eigenvalue weighted by atomic mass is 10.2. The van der Waals surface area contributed by atoms with Gasteiger partial charge in [0.15, 0.2) is 0 Å². The van der Waals surface area contributed by atoms with Crippen LogP contribution in [-0.4, -0.2) is 28.0 Å². The lowest BCUT2D eigenvalue weighted by Crippen LogP contribution is -2.31. The van der Waals surface area contributed by atoms with Gasteiger partial charge in [-0.1, -0.05) is 28.1 Å². The van der Waals surface area contributed by atoms with Crippen LogP contribution in [0.3, 0.4) is 0 Å². The number of ether oxygens (including phenoxy) is 1. The summed E-state index contributed by atoms with van der Waals surface area (Å²) in [5, 5.41) is 0. The number of nitrogens with one attached hydrogen (secondary N) is 1. The molecule has 17 heavy (non-hydrogen) atoms. The summed E-state index contributed by atoms with van der Waals surface area (Å²) >= 11 is 3.25. The molecule has 0 aliphatic rings. The van der Waals surface area contributed by atoms with E-state index in [9.17, 15) is 13.2 Å². The molecule has 1 N–H and O–H groups in total. The molecule has 0 saturated heterocycles. The van der Waals surface area contributed by atoms with E-state index in [1.165, 1.54) is 7.11 Å². The fourth-order valence-corrected chi connectivity index (χ4v) is 2.64. The van der Waals surface area contributed by atoms with Crippen molar-refractivity contribution in [1.29, 1.82) is 0 Å². The van der Waals surface area contributed by atoms with E-state index < -0.39 is 16.0 Å². The van der Waals surface area contributed by atoms with Crippen LogP contribution < -0.4 is 4.72 Å². The molecule has 0 fully saturated rings. The average molecular weight is 322 g/mol. The van der Waals surface area contributed by atoms with Gasteiger partial charge >= 0.3 is 5.97 Å². The number of hydrogen-bond acceptors (Lipinski definition) is 4. The summed E-state index contributed by atoms with van der Waals surface area (Å²) in [6.07, 6.45) is 0. The van der Waals surface area contributed by atoms with Crippen LogP contribution in [0.15, 0.2) is 28.7 Å². The van der Waals surface area contributed by atoms with Crippen molar-refractivity contribution in [3.8, 4) is 0 Å². The number of halogens is 1. The van der Waals surface area contributed by atoms with E-state index in [4.69, 9.17) is 0 Å². The van der Waals surface area contributed by atoms with E-state index in [0.29, 0.717) is 5.56 Å². The Kier molecular flexibility index (Phi) is 5.10. The first kappa shape index (κ1) is 14.1. The lowest BCUT2D eigenvalue weighted by molar-refractivity contribution is -0.139. The first-order valence-corrected chi connectivity index (χ1v) is 7.16. The minimum absolute atomic E-state index is 0.177. The van der Waals surface area contributed by atoms with Gasteiger partial charge in [-0.25, -0.2) is 13.1 Å². The molecule has 0 radical (unpaired) electrons. The van der Waals surface area contributed by atoms with Gasteiger partial charge in [-0.2, -0.15) is 0 Å². The van der Waals surface area contributed by atoms with Gasteiger partial charge in [0.2, 0.25) is 10.0 Å². The van der Waals surface area contributed by atoms with Crippen molar-refractivity contribution in [3.05, 3.63) is 34.3 Å². The predicted molar refractivity (Wildman–Crippen MR) is 66.8 cm³/mol. The van der Waals surface area contributed by atoms with Crippen molar-refractivity contribution in [3.63, 3.8) is 0 Å². The summed E-state index contributed by atoms with van der Waals surface area (Å²) in [6.45, 7) is -0.354. The molecule has 1 aromatic rings. The number of methoxy groups -OCH3 is 1. The zero-order valence-electron chi connectivity index (χ0n) is 9.14. The molecule has 0 unspecified atom stereocenters. The summed E-state index contributed by atoms with van der Waals surface area (Å²) < 4.78 is 30.5. The Morgan fingerprint density at radius 2 is 2.18 bits per heavy atom. The third kappa shape index (κ3) is 5.29. The molecule has 0 saturated carbocycles. The zero-order chi connectivity index (χ0) is 12.9. The van der Waals surface area contributed by atoms with E-state index in [2.05, 4.69) is 25.4 Å². The normalized spacial score (nSPS) is 11.2. The molecule has 1 rings (SSSR count). The summed E-state index contributed by atoms with van der Waals surface area (Å²) in [6, 6.07) is 6.95. The lowest BCUT2D eigenvalue weighted by Gasteiger charge is -2.06. The zero-order valence-corrected chi connectivity index (χ0v) is 11.5. The van der Waals surface area contributed by atoms with Gasteiger partial charge in [-0.05, 0) is 17.7 Å². The molecule has 1 aromatic carbocycles. The maximum Gasteiger partial charge on any atom is 0.320 e. The number of rotatable bonds is 5. The highest BCUT2D eigenvalue weighted by atomic mass is 79.9. The molecule has 0 heterocycles. The number of esters is 1. The van der Waals surface area contributed by atoms with E-state index in [0.717, 1.165) is 4.47 Å². The molecular formula is C10H12BrNO4S. The number of carbonyl (C=O) groups excluding carboxylic acids is 1. The predicted octanol–water partition coefficient (Wildman–Crippen LogP) is 1.04. The van der Waals surface area contributed by atoms with E-state index in [-0.39, 0.29) is 12.3 Å². The van der Waals surface area contributed by atoms with Gasteiger partial charge in [0.25, 0.3) is 0 Å². The monoisotopic (exact) mass is 321 g/mol. The Balaban J connectivity index is 2.64. The molecule has 0 aromatic heterocycles. The molecule has 0 bridgehead atoms. The molecule has 0 spiro atoms. The Hall–Kier alpha value is -0.920. The summed E-state index contributed by atoms with van der Waals surface area (Å²) in [7, 11) is -2.33. The molecular weight excluding hydrogens is 310 g/mol. The highest BCUT2D eigenvalue weighted by Gasteiger charge is 2.13. The fourth-order valence-electron chi connectivity index (χ4n) is 1.14. The smallest absolute Gasteiger partial charge is 0.320 e. The Labute approximate surface area is 108 Å². The van der Waals surface area contributed by atoms with Crippen LogP contribution in [0.5, 0.6) is 0 Å². The number of hydrogen-bond donors (Lipinski definition) is 1. The second-order valence-electron chi connectivity index (χ2n) is 3.29. The first-order valence-electron chi connectivity index (χ1n) is 4.71. The van der Waals surface area contributed by atoms with Crippen LogP contribution in [0.25, 0.3) is 0 Å². The van der Waals surface area contributed by atoms with Gasteiger partial charge in [-0.3, -0.25) is 4.79 Å². The highest BCUT2D eigenvalue weighted by Crippen LogP contribution is 2.13. The van der Waals surface area contributed by atoms with Crippen LogP contribution in [0.4, 0.5) is 0 Å². The highest BCUT2D eigenvalue weighted by molar-refractivity contribution is 9.10. The van der Waals surface area contributed by atoms with Gasteiger partial charge in [-0.15, -0.1) is 0 Å². The van der Waals surface area contributed by atoms with Gasteiger partial charge in [0.05, 0.1) is 12.9 Å². The van der Waals surface area contributed by atoms with Crippen LogP contribution in [0.1, 0.15) is 5.56 Å². The van der Waals surface area contributed by atoms with Crippen molar-refractivity contribution in [2.45, 2.75) is 5.75 Å². The number of sulfonamides is 1. The van der Waals surface area contributed by atoms with Crippen molar-refractivity contribution in [2.24, 2.45) is 0 Å². The topological polar surface area (TPSA) is 72.5 Å². The summed E-state index contributed by atoms with van der Waals surface area (Å²) in [5.41, 5.74) is 0.636. The summed E-state index contributed by atoms with van der Waals surface area (Å²) in [4.78, 5) is 10.8. The Morgan fingerprint density at radius 3 is 2.76 bits per heavy atom. The molecule has 0 aliphatic heterocycles. The fraction of sp³-hybridized carbons (Fsp3) is 0.300. The first-order chi connectivity index (χ1) is 7.93. The largest absolute Gasteiger partial charge is 0.468 e. The van der Waals surface area contributed by atoms with E-state index >= 15 is 0 Å². The molecule has 7 heteroatoms. The molecule has 94 valence electrons. The van der Waals surface area contributed by atoms with Crippen LogP contribution in [0, 0.1) is 0 Å². The van der Waals surface area contributed by atoms with E-state index in [1.807, 2.05) is 0 Å². The quantitative estimate of drug-likeness (QED) is 0.822. The van der Waals surface area contributed by atoms with E-state index in [1.54, 1.807) is 24.3 Å².